The van der Waals surface area contributed by atoms with E-state index in [1.54, 1.807) is 0 Å². The summed E-state index contributed by atoms with van der Waals surface area (Å²) in [5.74, 6) is 3.46. The first kappa shape index (κ1) is 27.0. The molecular formula is C30H51N5S. The number of fused-ring (bicyclic) bond motifs is 1. The van der Waals surface area contributed by atoms with Gasteiger partial charge in [0.05, 0.1) is 12.3 Å². The third kappa shape index (κ3) is 6.86. The van der Waals surface area contributed by atoms with Crippen LogP contribution < -0.4 is 21.3 Å². The number of rotatable bonds is 5. The summed E-state index contributed by atoms with van der Waals surface area (Å²) in [4.78, 5) is 2.32. The summed E-state index contributed by atoms with van der Waals surface area (Å²) in [6.45, 7) is 3.51. The molecule has 36 heavy (non-hydrogen) atoms. The molecule has 3 saturated heterocycles. The summed E-state index contributed by atoms with van der Waals surface area (Å²) in [5, 5.41) is 15.6. The average molecular weight is 514 g/mol. The van der Waals surface area contributed by atoms with Crippen LogP contribution in [0.5, 0.6) is 0 Å². The Labute approximate surface area is 224 Å². The van der Waals surface area contributed by atoms with E-state index in [0.717, 1.165) is 24.1 Å². The standard InChI is InChI=1S/C30H51N5S/c1-21-18-25-10-8-6-4-5-7-9-11-26(25)29(32-21)34-30-33-27(20-36-30)23-14-12-22(13-15-23)24-16-17-31-28(19-24)35(2)3/h12-15,21,24-34H,4-11,16-20H2,1-3H3. The first-order valence-corrected chi connectivity index (χ1v) is 16.0. The number of hydrogen-bond acceptors (Lipinski definition) is 6. The third-order valence-electron chi connectivity index (χ3n) is 9.44. The van der Waals surface area contributed by atoms with Gasteiger partial charge in [-0.05, 0) is 82.1 Å². The third-order valence-corrected chi connectivity index (χ3v) is 10.6. The molecule has 5 nitrogen and oxygen atoms in total. The highest BCUT2D eigenvalue weighted by atomic mass is 32.2. The zero-order chi connectivity index (χ0) is 24.9. The molecule has 0 aromatic heterocycles. The summed E-state index contributed by atoms with van der Waals surface area (Å²) in [7, 11) is 4.36. The molecule has 3 aliphatic heterocycles. The molecule has 8 unspecified atom stereocenters. The van der Waals surface area contributed by atoms with Crippen LogP contribution in [0, 0.1) is 11.8 Å². The predicted molar refractivity (Wildman–Crippen MR) is 154 cm³/mol. The maximum Gasteiger partial charge on any atom is 0.107 e. The molecule has 0 spiro atoms. The minimum Gasteiger partial charge on any atom is -0.302 e. The lowest BCUT2D eigenvalue weighted by atomic mass is 9.75. The number of nitrogens with zero attached hydrogens (tertiary/aromatic N) is 1. The molecule has 0 bridgehead atoms. The summed E-state index contributed by atoms with van der Waals surface area (Å²) in [6, 6.07) is 10.6. The molecule has 5 rings (SSSR count). The Hall–Kier alpha value is -0.630. The van der Waals surface area contributed by atoms with Crippen LogP contribution in [0.25, 0.3) is 0 Å². The van der Waals surface area contributed by atoms with Crippen molar-refractivity contribution in [2.24, 2.45) is 11.8 Å². The van der Waals surface area contributed by atoms with Gasteiger partial charge in [0.15, 0.2) is 0 Å². The first-order chi connectivity index (χ1) is 17.6. The van der Waals surface area contributed by atoms with Crippen molar-refractivity contribution in [3.63, 3.8) is 0 Å². The Balaban J connectivity index is 1.17. The fourth-order valence-electron chi connectivity index (χ4n) is 7.31. The summed E-state index contributed by atoms with van der Waals surface area (Å²) in [5.41, 5.74) is 3.28. The molecule has 3 heterocycles. The van der Waals surface area contributed by atoms with Gasteiger partial charge in [-0.3, -0.25) is 20.9 Å². The van der Waals surface area contributed by atoms with Gasteiger partial charge in [-0.15, -0.1) is 11.8 Å². The van der Waals surface area contributed by atoms with Gasteiger partial charge in [-0.1, -0.05) is 69.2 Å². The van der Waals surface area contributed by atoms with E-state index in [-0.39, 0.29) is 0 Å². The average Bonchev–Trinajstić information content (AvgIpc) is 3.36. The van der Waals surface area contributed by atoms with Gasteiger partial charge >= 0.3 is 0 Å². The van der Waals surface area contributed by atoms with Gasteiger partial charge in [0.1, 0.15) is 5.50 Å². The maximum atomic E-state index is 4.04. The lowest BCUT2D eigenvalue weighted by Crippen LogP contribution is -2.60. The summed E-state index contributed by atoms with van der Waals surface area (Å²) >= 11 is 2.06. The quantitative estimate of drug-likeness (QED) is 0.425. The van der Waals surface area contributed by atoms with Crippen LogP contribution in [-0.2, 0) is 0 Å². The molecule has 4 aliphatic rings. The second-order valence-corrected chi connectivity index (χ2v) is 13.5. The highest BCUT2D eigenvalue weighted by Crippen LogP contribution is 2.37. The number of benzene rings is 1. The van der Waals surface area contributed by atoms with Gasteiger partial charge in [0.25, 0.3) is 0 Å². The molecule has 6 heteroatoms. The fraction of sp³-hybridized carbons (Fsp3) is 0.800. The molecular weight excluding hydrogens is 462 g/mol. The first-order valence-electron chi connectivity index (χ1n) is 15.0. The zero-order valence-corrected chi connectivity index (χ0v) is 23.8. The smallest absolute Gasteiger partial charge is 0.107 e. The number of hydrogen-bond donors (Lipinski definition) is 4. The summed E-state index contributed by atoms with van der Waals surface area (Å²) < 4.78 is 0. The molecule has 0 amide bonds. The van der Waals surface area contributed by atoms with Crippen LogP contribution in [0.2, 0.25) is 0 Å². The lowest BCUT2D eigenvalue weighted by molar-refractivity contribution is 0.106. The zero-order valence-electron chi connectivity index (χ0n) is 23.0. The molecule has 1 aromatic rings. The molecule has 8 atom stereocenters. The fourth-order valence-corrected chi connectivity index (χ4v) is 8.49. The maximum absolute atomic E-state index is 4.04. The largest absolute Gasteiger partial charge is 0.302 e. The lowest BCUT2D eigenvalue weighted by Gasteiger charge is -2.44. The minimum absolute atomic E-state index is 0.332. The van der Waals surface area contributed by atoms with Crippen molar-refractivity contribution in [1.82, 2.24) is 26.2 Å². The van der Waals surface area contributed by atoms with Crippen molar-refractivity contribution in [1.29, 1.82) is 0 Å². The monoisotopic (exact) mass is 513 g/mol. The van der Waals surface area contributed by atoms with Crippen molar-refractivity contribution in [2.45, 2.75) is 113 Å². The van der Waals surface area contributed by atoms with E-state index in [1.807, 2.05) is 0 Å². The van der Waals surface area contributed by atoms with E-state index in [9.17, 15) is 0 Å². The predicted octanol–water partition coefficient (Wildman–Crippen LogP) is 5.37. The molecule has 1 aromatic carbocycles. The van der Waals surface area contributed by atoms with Crippen LogP contribution in [0.1, 0.15) is 101 Å². The van der Waals surface area contributed by atoms with E-state index in [1.165, 1.54) is 81.8 Å². The highest BCUT2D eigenvalue weighted by molar-refractivity contribution is 8.00. The van der Waals surface area contributed by atoms with Crippen molar-refractivity contribution in [3.05, 3.63) is 35.4 Å². The van der Waals surface area contributed by atoms with Crippen LogP contribution in [-0.4, -0.2) is 55.2 Å². The Morgan fingerprint density at radius 3 is 2.36 bits per heavy atom. The van der Waals surface area contributed by atoms with Crippen LogP contribution in [0.3, 0.4) is 0 Å². The Morgan fingerprint density at radius 2 is 1.58 bits per heavy atom. The number of nitrogens with one attached hydrogen (secondary N) is 4. The minimum atomic E-state index is 0.332. The SMILES string of the molecule is CC1CC2CCCCCCCCC2C(NC2NC(c3ccc(C4CCNC(N(C)C)C4)cc3)CS2)N1. The van der Waals surface area contributed by atoms with Gasteiger partial charge in [0.2, 0.25) is 0 Å². The molecule has 202 valence electrons. The summed E-state index contributed by atoms with van der Waals surface area (Å²) in [6.07, 6.45) is 16.1. The molecule has 4 fully saturated rings. The number of thioether (sulfide) groups is 1. The molecule has 0 radical (unpaired) electrons. The van der Waals surface area contributed by atoms with Crippen LogP contribution in [0.15, 0.2) is 24.3 Å². The van der Waals surface area contributed by atoms with Crippen molar-refractivity contribution in [3.8, 4) is 0 Å². The van der Waals surface area contributed by atoms with Gasteiger partial charge in [-0.2, -0.15) is 0 Å². The Morgan fingerprint density at radius 1 is 0.861 bits per heavy atom. The Kier molecular flexibility index (Phi) is 9.69. The van der Waals surface area contributed by atoms with Crippen LogP contribution in [0.4, 0.5) is 0 Å². The van der Waals surface area contributed by atoms with E-state index >= 15 is 0 Å². The normalized spacial score (nSPS) is 38.6. The molecule has 1 saturated carbocycles. The molecule has 1 aliphatic carbocycles. The topological polar surface area (TPSA) is 51.4 Å². The molecule has 4 N–H and O–H groups in total. The highest BCUT2D eigenvalue weighted by Gasteiger charge is 2.38. The second kappa shape index (κ2) is 12.9. The van der Waals surface area contributed by atoms with Gasteiger partial charge < -0.3 is 5.32 Å². The van der Waals surface area contributed by atoms with Gasteiger partial charge in [-0.25, -0.2) is 0 Å². The van der Waals surface area contributed by atoms with E-state index < -0.39 is 0 Å². The van der Waals surface area contributed by atoms with E-state index in [2.05, 4.69) is 83.2 Å². The second-order valence-electron chi connectivity index (χ2n) is 12.3. The van der Waals surface area contributed by atoms with Crippen molar-refractivity contribution < 1.29 is 0 Å². The van der Waals surface area contributed by atoms with E-state index in [0.29, 0.717) is 35.8 Å². The van der Waals surface area contributed by atoms with Crippen molar-refractivity contribution in [2.75, 3.05) is 26.4 Å². The number of piperidine rings is 2. The van der Waals surface area contributed by atoms with Crippen LogP contribution >= 0.6 is 11.8 Å². The Bertz CT molecular complexity index is 801. The van der Waals surface area contributed by atoms with Crippen molar-refractivity contribution >= 4 is 11.8 Å². The van der Waals surface area contributed by atoms with E-state index in [4.69, 9.17) is 0 Å². The van der Waals surface area contributed by atoms with Gasteiger partial charge in [0, 0.05) is 17.8 Å².